The lowest BCUT2D eigenvalue weighted by atomic mass is 9.94. The van der Waals surface area contributed by atoms with Crippen molar-refractivity contribution in [2.45, 2.75) is 42.5 Å². The Morgan fingerprint density at radius 2 is 1.90 bits per heavy atom. The lowest BCUT2D eigenvalue weighted by Gasteiger charge is -2.22. The lowest BCUT2D eigenvalue weighted by Crippen LogP contribution is -2.40. The van der Waals surface area contributed by atoms with Crippen molar-refractivity contribution < 1.29 is 9.59 Å². The van der Waals surface area contributed by atoms with Gasteiger partial charge in [0.15, 0.2) is 0 Å². The molecule has 0 saturated heterocycles. The molecule has 1 aliphatic rings. The molecule has 5 nitrogen and oxygen atoms in total. The second kappa shape index (κ2) is 6.95. The van der Waals surface area contributed by atoms with Gasteiger partial charge in [-0.2, -0.15) is 0 Å². The highest BCUT2D eigenvalue weighted by Crippen LogP contribution is 2.31. The standard InChI is InChI=1S/C15H21N3O2S/c16-13(19)10-21-12-6-2-1-5-11(12)18-14(20)9-15(17)7-3-4-8-15/h1-2,5-6H,3-4,7-10,17H2,(H2,16,19)(H,18,20). The Morgan fingerprint density at radius 1 is 1.24 bits per heavy atom. The van der Waals surface area contributed by atoms with Crippen molar-refractivity contribution in [3.8, 4) is 0 Å². The van der Waals surface area contributed by atoms with Gasteiger partial charge in [0.25, 0.3) is 0 Å². The quantitative estimate of drug-likeness (QED) is 0.699. The van der Waals surface area contributed by atoms with E-state index in [1.807, 2.05) is 24.3 Å². The molecule has 0 heterocycles. The minimum Gasteiger partial charge on any atom is -0.369 e. The third-order valence-corrected chi connectivity index (χ3v) is 4.74. The molecular formula is C15H21N3O2S. The number of hydrogen-bond donors (Lipinski definition) is 3. The molecule has 5 N–H and O–H groups in total. The maximum Gasteiger partial charge on any atom is 0.227 e. The molecule has 21 heavy (non-hydrogen) atoms. The normalized spacial score (nSPS) is 16.6. The minimum atomic E-state index is -0.381. The third kappa shape index (κ3) is 4.75. The van der Waals surface area contributed by atoms with Gasteiger partial charge in [-0.25, -0.2) is 0 Å². The zero-order valence-corrected chi connectivity index (χ0v) is 12.7. The first-order valence-electron chi connectivity index (χ1n) is 7.07. The molecule has 1 aromatic carbocycles. The van der Waals surface area contributed by atoms with Crippen molar-refractivity contribution in [1.82, 2.24) is 0 Å². The molecule has 0 spiro atoms. The number of benzene rings is 1. The zero-order chi connectivity index (χ0) is 15.3. The number of nitrogens with two attached hydrogens (primary N) is 2. The molecule has 1 aliphatic carbocycles. The summed E-state index contributed by atoms with van der Waals surface area (Å²) in [4.78, 5) is 23.9. The van der Waals surface area contributed by atoms with Crippen molar-refractivity contribution in [2.24, 2.45) is 11.5 Å². The first-order valence-corrected chi connectivity index (χ1v) is 8.06. The van der Waals surface area contributed by atoms with Crippen molar-refractivity contribution in [1.29, 1.82) is 0 Å². The maximum atomic E-state index is 12.2. The first-order chi connectivity index (χ1) is 9.98. The molecule has 1 saturated carbocycles. The van der Waals surface area contributed by atoms with Gasteiger partial charge < -0.3 is 16.8 Å². The molecule has 0 aromatic heterocycles. The molecule has 0 bridgehead atoms. The van der Waals surface area contributed by atoms with E-state index in [2.05, 4.69) is 5.32 Å². The topological polar surface area (TPSA) is 98.2 Å². The molecule has 1 aromatic rings. The largest absolute Gasteiger partial charge is 0.369 e. The first kappa shape index (κ1) is 15.9. The summed E-state index contributed by atoms with van der Waals surface area (Å²) in [5, 5.41) is 2.89. The van der Waals surface area contributed by atoms with E-state index >= 15 is 0 Å². The smallest absolute Gasteiger partial charge is 0.227 e. The molecule has 2 amide bonds. The second-order valence-electron chi connectivity index (χ2n) is 5.55. The van der Waals surface area contributed by atoms with Crippen LogP contribution in [-0.4, -0.2) is 23.1 Å². The van der Waals surface area contributed by atoms with Crippen LogP contribution in [-0.2, 0) is 9.59 Å². The Morgan fingerprint density at radius 3 is 2.57 bits per heavy atom. The van der Waals surface area contributed by atoms with Gasteiger partial charge in [-0.1, -0.05) is 25.0 Å². The summed E-state index contributed by atoms with van der Waals surface area (Å²) in [5.41, 5.74) is 11.7. The van der Waals surface area contributed by atoms with Crippen LogP contribution in [0.4, 0.5) is 5.69 Å². The molecule has 6 heteroatoms. The number of amides is 2. The molecule has 114 valence electrons. The summed E-state index contributed by atoms with van der Waals surface area (Å²) in [6.45, 7) is 0. The van der Waals surface area contributed by atoms with Crippen LogP contribution in [0.2, 0.25) is 0 Å². The summed E-state index contributed by atoms with van der Waals surface area (Å²) in [6, 6.07) is 7.38. The fourth-order valence-electron chi connectivity index (χ4n) is 2.61. The molecule has 0 aliphatic heterocycles. The van der Waals surface area contributed by atoms with Crippen LogP contribution in [0.3, 0.4) is 0 Å². The number of carbonyl (C=O) groups excluding carboxylic acids is 2. The van der Waals surface area contributed by atoms with Gasteiger partial charge in [-0.3, -0.25) is 9.59 Å². The Labute approximate surface area is 128 Å². The van der Waals surface area contributed by atoms with Crippen LogP contribution >= 0.6 is 11.8 Å². The van der Waals surface area contributed by atoms with E-state index in [4.69, 9.17) is 11.5 Å². The second-order valence-corrected chi connectivity index (χ2v) is 6.56. The van der Waals surface area contributed by atoms with Crippen LogP contribution in [0.25, 0.3) is 0 Å². The number of rotatable bonds is 6. The average molecular weight is 307 g/mol. The highest BCUT2D eigenvalue weighted by Gasteiger charge is 2.31. The van der Waals surface area contributed by atoms with Gasteiger partial charge in [0.1, 0.15) is 0 Å². The van der Waals surface area contributed by atoms with Crippen LogP contribution in [0.15, 0.2) is 29.2 Å². The van der Waals surface area contributed by atoms with E-state index < -0.39 is 0 Å². The summed E-state index contributed by atoms with van der Waals surface area (Å²) in [7, 11) is 0. The fourth-order valence-corrected chi connectivity index (χ4v) is 3.36. The number of primary amides is 1. The minimum absolute atomic E-state index is 0.0773. The van der Waals surface area contributed by atoms with E-state index in [0.29, 0.717) is 12.1 Å². The summed E-state index contributed by atoms with van der Waals surface area (Å²) >= 11 is 1.32. The summed E-state index contributed by atoms with van der Waals surface area (Å²) in [5.74, 6) is -0.271. The van der Waals surface area contributed by atoms with E-state index in [1.54, 1.807) is 0 Å². The van der Waals surface area contributed by atoms with Crippen molar-refractivity contribution in [3.05, 3.63) is 24.3 Å². The van der Waals surface area contributed by atoms with Crippen molar-refractivity contribution in [2.75, 3.05) is 11.1 Å². The van der Waals surface area contributed by atoms with Gasteiger partial charge in [-0.05, 0) is 25.0 Å². The molecule has 0 radical (unpaired) electrons. The number of para-hydroxylation sites is 1. The van der Waals surface area contributed by atoms with Crippen molar-refractivity contribution in [3.63, 3.8) is 0 Å². The Kier molecular flexibility index (Phi) is 5.25. The lowest BCUT2D eigenvalue weighted by molar-refractivity contribution is -0.117. The molecule has 2 rings (SSSR count). The summed E-state index contributed by atoms with van der Waals surface area (Å²) < 4.78 is 0. The van der Waals surface area contributed by atoms with Gasteiger partial charge in [0.05, 0.1) is 11.4 Å². The van der Waals surface area contributed by atoms with Crippen LogP contribution in [0.5, 0.6) is 0 Å². The summed E-state index contributed by atoms with van der Waals surface area (Å²) in [6.07, 6.45) is 4.32. The van der Waals surface area contributed by atoms with E-state index in [0.717, 1.165) is 30.6 Å². The SMILES string of the molecule is NC(=O)CSc1ccccc1NC(=O)CC1(N)CCCC1. The highest BCUT2D eigenvalue weighted by atomic mass is 32.2. The average Bonchev–Trinajstić information content (AvgIpc) is 2.83. The molecule has 0 unspecified atom stereocenters. The fraction of sp³-hybridized carbons (Fsp3) is 0.467. The van der Waals surface area contributed by atoms with Crippen LogP contribution < -0.4 is 16.8 Å². The van der Waals surface area contributed by atoms with Crippen LogP contribution in [0, 0.1) is 0 Å². The van der Waals surface area contributed by atoms with Gasteiger partial charge in [-0.15, -0.1) is 11.8 Å². The monoisotopic (exact) mass is 307 g/mol. The Hall–Kier alpha value is -1.53. The predicted molar refractivity (Wildman–Crippen MR) is 85.0 cm³/mol. The number of hydrogen-bond acceptors (Lipinski definition) is 4. The van der Waals surface area contributed by atoms with Gasteiger partial charge in [0, 0.05) is 16.9 Å². The molecular weight excluding hydrogens is 286 g/mol. The molecule has 1 fully saturated rings. The number of thioether (sulfide) groups is 1. The highest BCUT2D eigenvalue weighted by molar-refractivity contribution is 8.00. The van der Waals surface area contributed by atoms with Gasteiger partial charge >= 0.3 is 0 Å². The number of anilines is 1. The Bertz CT molecular complexity index is 527. The van der Waals surface area contributed by atoms with E-state index in [-0.39, 0.29) is 23.1 Å². The van der Waals surface area contributed by atoms with Crippen LogP contribution in [0.1, 0.15) is 32.1 Å². The zero-order valence-electron chi connectivity index (χ0n) is 11.9. The number of carbonyl (C=O) groups is 2. The van der Waals surface area contributed by atoms with Gasteiger partial charge in [0.2, 0.25) is 11.8 Å². The maximum absolute atomic E-state index is 12.2. The third-order valence-electron chi connectivity index (χ3n) is 3.64. The van der Waals surface area contributed by atoms with Crippen molar-refractivity contribution >= 4 is 29.3 Å². The number of nitrogens with one attached hydrogen (secondary N) is 1. The van der Waals surface area contributed by atoms with E-state index in [9.17, 15) is 9.59 Å². The Balaban J connectivity index is 1.98. The predicted octanol–water partition coefficient (Wildman–Crippen LogP) is 1.86. The molecule has 0 atom stereocenters. The van der Waals surface area contributed by atoms with E-state index in [1.165, 1.54) is 11.8 Å².